The van der Waals surface area contributed by atoms with Crippen LogP contribution in [0.1, 0.15) is 25.8 Å². The number of hydrogen-bond donors (Lipinski definition) is 2. The Labute approximate surface area is 177 Å². The first-order valence-electron chi connectivity index (χ1n) is 10.0. The Morgan fingerprint density at radius 1 is 1.20 bits per heavy atom. The van der Waals surface area contributed by atoms with Crippen molar-refractivity contribution in [2.45, 2.75) is 39.3 Å². The number of nitrogens with one attached hydrogen (secondary N) is 2. The van der Waals surface area contributed by atoms with Crippen LogP contribution >= 0.6 is 0 Å². The maximum absolute atomic E-state index is 13.2. The molecule has 0 aromatic heterocycles. The Balaban J connectivity index is 1.70. The lowest BCUT2D eigenvalue weighted by Crippen LogP contribution is -2.48. The molecule has 0 aliphatic carbocycles. The van der Waals surface area contributed by atoms with Gasteiger partial charge in [-0.15, -0.1) is 0 Å². The molecule has 0 radical (unpaired) electrons. The number of carbonyl (C=O) groups excluding carboxylic acids is 3. The molecule has 3 amide bonds. The molecule has 30 heavy (non-hydrogen) atoms. The summed E-state index contributed by atoms with van der Waals surface area (Å²) >= 11 is 0. The monoisotopic (exact) mass is 408 g/mol. The van der Waals surface area contributed by atoms with Crippen LogP contribution < -0.4 is 15.5 Å². The minimum atomic E-state index is -0.507. The van der Waals surface area contributed by atoms with E-state index in [0.29, 0.717) is 11.4 Å². The van der Waals surface area contributed by atoms with Crippen molar-refractivity contribution in [3.05, 3.63) is 54.1 Å². The van der Waals surface area contributed by atoms with Gasteiger partial charge in [-0.3, -0.25) is 19.3 Å². The molecule has 0 fully saturated rings. The van der Waals surface area contributed by atoms with Crippen molar-refractivity contribution in [2.24, 2.45) is 0 Å². The van der Waals surface area contributed by atoms with Gasteiger partial charge in [0.05, 0.1) is 24.0 Å². The predicted molar refractivity (Wildman–Crippen MR) is 119 cm³/mol. The van der Waals surface area contributed by atoms with Crippen molar-refractivity contribution in [2.75, 3.05) is 29.1 Å². The molecule has 3 rings (SSSR count). The number of anilines is 3. The minimum Gasteiger partial charge on any atom is -0.325 e. The zero-order valence-electron chi connectivity index (χ0n) is 17.8. The molecule has 7 nitrogen and oxygen atoms in total. The van der Waals surface area contributed by atoms with Crippen LogP contribution in [0.15, 0.2) is 48.5 Å². The molecule has 2 atom stereocenters. The van der Waals surface area contributed by atoms with Crippen LogP contribution in [0.3, 0.4) is 0 Å². The van der Waals surface area contributed by atoms with E-state index in [2.05, 4.69) is 10.6 Å². The van der Waals surface area contributed by atoms with E-state index in [9.17, 15) is 14.4 Å². The number of amides is 3. The number of benzene rings is 2. The summed E-state index contributed by atoms with van der Waals surface area (Å²) in [5.41, 5.74) is 3.12. The summed E-state index contributed by atoms with van der Waals surface area (Å²) in [6.07, 6.45) is 0.216. The fourth-order valence-electron chi connectivity index (χ4n) is 3.48. The standard InChI is InChI=1S/C23H28N4O3/c1-15-9-11-18(12-10-15)24-23(30)17(3)26(4)14-22(29)27-16(2)13-21(28)25-19-7-5-6-8-20(19)27/h5-12,16-17H,13-14H2,1-4H3,(H,24,30)(H,25,28). The fourth-order valence-corrected chi connectivity index (χ4v) is 3.48. The molecule has 2 aromatic carbocycles. The molecule has 1 aliphatic heterocycles. The Hall–Kier alpha value is -3.19. The summed E-state index contributed by atoms with van der Waals surface area (Å²) in [4.78, 5) is 41.3. The van der Waals surface area contributed by atoms with Gasteiger partial charge in [0.25, 0.3) is 0 Å². The van der Waals surface area contributed by atoms with Crippen LogP contribution in [0.5, 0.6) is 0 Å². The van der Waals surface area contributed by atoms with E-state index in [0.717, 1.165) is 11.3 Å². The average molecular weight is 409 g/mol. The number of hydrogen-bond acceptors (Lipinski definition) is 4. The Kier molecular flexibility index (Phi) is 6.52. The highest BCUT2D eigenvalue weighted by Crippen LogP contribution is 2.31. The summed E-state index contributed by atoms with van der Waals surface area (Å²) in [5, 5.41) is 5.74. The lowest BCUT2D eigenvalue weighted by Gasteiger charge is -2.31. The summed E-state index contributed by atoms with van der Waals surface area (Å²) in [7, 11) is 1.75. The molecule has 7 heteroatoms. The number of rotatable bonds is 5. The molecule has 2 aromatic rings. The number of carbonyl (C=O) groups is 3. The fraction of sp³-hybridized carbons (Fsp3) is 0.348. The molecule has 1 heterocycles. The number of fused-ring (bicyclic) bond motifs is 1. The number of nitrogens with zero attached hydrogens (tertiary/aromatic N) is 2. The molecule has 0 bridgehead atoms. The summed E-state index contributed by atoms with van der Waals surface area (Å²) < 4.78 is 0. The topological polar surface area (TPSA) is 81.8 Å². The van der Waals surface area contributed by atoms with E-state index in [1.807, 2.05) is 56.3 Å². The van der Waals surface area contributed by atoms with Crippen molar-refractivity contribution in [1.82, 2.24) is 4.90 Å². The number of likely N-dealkylation sites (N-methyl/N-ethyl adjacent to an activating group) is 1. The highest BCUT2D eigenvalue weighted by molar-refractivity contribution is 6.05. The Bertz CT molecular complexity index is 942. The molecule has 0 saturated carbocycles. The van der Waals surface area contributed by atoms with Crippen molar-refractivity contribution in [3.8, 4) is 0 Å². The van der Waals surface area contributed by atoms with Gasteiger partial charge in [-0.2, -0.15) is 0 Å². The molecule has 1 aliphatic rings. The summed E-state index contributed by atoms with van der Waals surface area (Å²) in [5.74, 6) is -0.469. The smallest absolute Gasteiger partial charge is 0.241 e. The van der Waals surface area contributed by atoms with Gasteiger partial charge >= 0.3 is 0 Å². The van der Waals surface area contributed by atoms with Gasteiger partial charge in [0.15, 0.2) is 0 Å². The van der Waals surface area contributed by atoms with E-state index >= 15 is 0 Å². The molecule has 2 unspecified atom stereocenters. The molecule has 0 spiro atoms. The quantitative estimate of drug-likeness (QED) is 0.797. The van der Waals surface area contributed by atoms with Crippen molar-refractivity contribution < 1.29 is 14.4 Å². The zero-order chi connectivity index (χ0) is 21.8. The van der Waals surface area contributed by atoms with Crippen LogP contribution in [-0.2, 0) is 14.4 Å². The lowest BCUT2D eigenvalue weighted by atomic mass is 10.1. The van der Waals surface area contributed by atoms with Gasteiger partial charge in [0.1, 0.15) is 0 Å². The maximum atomic E-state index is 13.2. The van der Waals surface area contributed by atoms with E-state index in [-0.39, 0.29) is 36.7 Å². The van der Waals surface area contributed by atoms with Gasteiger partial charge in [-0.1, -0.05) is 29.8 Å². The third kappa shape index (κ3) is 4.86. The van der Waals surface area contributed by atoms with Gasteiger partial charge in [-0.25, -0.2) is 0 Å². The van der Waals surface area contributed by atoms with E-state index in [1.54, 1.807) is 29.8 Å². The van der Waals surface area contributed by atoms with Gasteiger partial charge < -0.3 is 15.5 Å². The van der Waals surface area contributed by atoms with E-state index < -0.39 is 6.04 Å². The summed E-state index contributed by atoms with van der Waals surface area (Å²) in [6.45, 7) is 5.66. The lowest BCUT2D eigenvalue weighted by molar-refractivity contribution is -0.123. The minimum absolute atomic E-state index is 0.0509. The van der Waals surface area contributed by atoms with E-state index in [1.165, 1.54) is 0 Å². The maximum Gasteiger partial charge on any atom is 0.241 e. The second-order valence-electron chi connectivity index (χ2n) is 7.83. The van der Waals surface area contributed by atoms with E-state index in [4.69, 9.17) is 0 Å². The first kappa shape index (κ1) is 21.5. The van der Waals surface area contributed by atoms with Crippen molar-refractivity contribution in [1.29, 1.82) is 0 Å². The highest BCUT2D eigenvalue weighted by atomic mass is 16.2. The van der Waals surface area contributed by atoms with Gasteiger partial charge in [0, 0.05) is 18.2 Å². The van der Waals surface area contributed by atoms with Crippen molar-refractivity contribution >= 4 is 34.8 Å². The number of aryl methyl sites for hydroxylation is 1. The third-order valence-corrected chi connectivity index (χ3v) is 5.37. The van der Waals surface area contributed by atoms with Crippen LogP contribution in [0.2, 0.25) is 0 Å². The second-order valence-corrected chi connectivity index (χ2v) is 7.83. The SMILES string of the molecule is Cc1ccc(NC(=O)C(C)N(C)CC(=O)N2c3ccccc3NC(=O)CC2C)cc1. The molecule has 0 saturated heterocycles. The second kappa shape index (κ2) is 9.09. The molecule has 2 N–H and O–H groups in total. The zero-order valence-corrected chi connectivity index (χ0v) is 17.8. The van der Waals surface area contributed by atoms with Crippen LogP contribution in [0.4, 0.5) is 17.1 Å². The normalized spacial score (nSPS) is 17.0. The van der Waals surface area contributed by atoms with Gasteiger partial charge in [0.2, 0.25) is 17.7 Å². The predicted octanol–water partition coefficient (Wildman–Crippen LogP) is 3.02. The molecular weight excluding hydrogens is 380 g/mol. The van der Waals surface area contributed by atoms with Crippen LogP contribution in [0, 0.1) is 6.92 Å². The van der Waals surface area contributed by atoms with Crippen LogP contribution in [-0.4, -0.2) is 48.3 Å². The summed E-state index contributed by atoms with van der Waals surface area (Å²) in [6, 6.07) is 14.0. The number of para-hydroxylation sites is 2. The Morgan fingerprint density at radius 2 is 1.87 bits per heavy atom. The largest absolute Gasteiger partial charge is 0.325 e. The van der Waals surface area contributed by atoms with Gasteiger partial charge in [-0.05, 0) is 52.1 Å². The molecule has 158 valence electrons. The third-order valence-electron chi connectivity index (χ3n) is 5.37. The average Bonchev–Trinajstić information content (AvgIpc) is 2.83. The van der Waals surface area contributed by atoms with Crippen molar-refractivity contribution in [3.63, 3.8) is 0 Å². The highest BCUT2D eigenvalue weighted by Gasteiger charge is 2.31. The first-order valence-corrected chi connectivity index (χ1v) is 10.0. The molecular formula is C23H28N4O3. The first-order chi connectivity index (χ1) is 14.3. The van der Waals surface area contributed by atoms with Crippen LogP contribution in [0.25, 0.3) is 0 Å². The Morgan fingerprint density at radius 3 is 2.57 bits per heavy atom.